The third-order valence-electron chi connectivity index (χ3n) is 3.61. The van der Waals surface area contributed by atoms with Gasteiger partial charge in [0.05, 0.1) is 11.0 Å². The minimum Gasteiger partial charge on any atom is -0.481 e. The van der Waals surface area contributed by atoms with Gasteiger partial charge in [0.25, 0.3) is 0 Å². The second-order valence-corrected chi connectivity index (χ2v) is 5.29. The molecule has 1 saturated heterocycles. The second-order valence-electron chi connectivity index (χ2n) is 5.29. The molecule has 2 rings (SSSR count). The molecule has 1 aromatic rings. The highest BCUT2D eigenvalue weighted by molar-refractivity contribution is 5.75. The van der Waals surface area contributed by atoms with Crippen molar-refractivity contribution in [1.82, 2.24) is 4.98 Å². The third kappa shape index (κ3) is 2.86. The van der Waals surface area contributed by atoms with Gasteiger partial charge in [-0.15, -0.1) is 0 Å². The number of halogens is 3. The van der Waals surface area contributed by atoms with Gasteiger partial charge in [0.1, 0.15) is 5.82 Å². The van der Waals surface area contributed by atoms with Crippen LogP contribution >= 0.6 is 0 Å². The first-order chi connectivity index (χ1) is 9.22. The molecular weight excluding hydrogens is 273 g/mol. The van der Waals surface area contributed by atoms with Crippen molar-refractivity contribution in [2.45, 2.75) is 25.9 Å². The predicted octanol–water partition coefficient (Wildman–Crippen LogP) is 2.79. The van der Waals surface area contributed by atoms with Crippen LogP contribution in [0, 0.1) is 5.41 Å². The molecule has 0 aliphatic carbocycles. The van der Waals surface area contributed by atoms with Crippen molar-refractivity contribution >= 4 is 11.8 Å². The summed E-state index contributed by atoms with van der Waals surface area (Å²) in [5, 5.41) is 9.22. The van der Waals surface area contributed by atoms with Gasteiger partial charge in [0.15, 0.2) is 0 Å². The summed E-state index contributed by atoms with van der Waals surface area (Å²) in [6.07, 6.45) is -2.41. The smallest absolute Gasteiger partial charge is 0.417 e. The number of aliphatic carboxylic acids is 1. The summed E-state index contributed by atoms with van der Waals surface area (Å²) in [5.74, 6) is -0.515. The third-order valence-corrected chi connectivity index (χ3v) is 3.61. The molecule has 1 aliphatic heterocycles. The van der Waals surface area contributed by atoms with Crippen LogP contribution in [0.4, 0.5) is 19.0 Å². The molecule has 0 saturated carbocycles. The summed E-state index contributed by atoms with van der Waals surface area (Å²) in [4.78, 5) is 16.8. The number of carboxylic acid groups (broad SMARTS) is 1. The van der Waals surface area contributed by atoms with Gasteiger partial charge in [0, 0.05) is 19.3 Å². The summed E-state index contributed by atoms with van der Waals surface area (Å²) in [6.45, 7) is 2.49. The molecule has 110 valence electrons. The van der Waals surface area contributed by atoms with E-state index in [2.05, 4.69) is 4.98 Å². The Balaban J connectivity index is 2.18. The molecule has 2 heterocycles. The molecule has 0 radical (unpaired) electrons. The van der Waals surface area contributed by atoms with E-state index >= 15 is 0 Å². The first kappa shape index (κ1) is 14.6. The Morgan fingerprint density at radius 3 is 2.65 bits per heavy atom. The van der Waals surface area contributed by atoms with Gasteiger partial charge in [0.2, 0.25) is 0 Å². The highest BCUT2D eigenvalue weighted by Crippen LogP contribution is 2.33. The first-order valence-corrected chi connectivity index (χ1v) is 6.24. The van der Waals surface area contributed by atoms with Gasteiger partial charge in [-0.05, 0) is 31.9 Å². The summed E-state index contributed by atoms with van der Waals surface area (Å²) in [5.41, 5.74) is -1.69. The molecule has 1 aromatic heterocycles. The van der Waals surface area contributed by atoms with Gasteiger partial charge >= 0.3 is 12.1 Å². The van der Waals surface area contributed by atoms with E-state index in [0.717, 1.165) is 12.3 Å². The zero-order chi connectivity index (χ0) is 15.0. The fourth-order valence-corrected chi connectivity index (χ4v) is 2.35. The summed E-state index contributed by atoms with van der Waals surface area (Å²) < 4.78 is 37.4. The minimum atomic E-state index is -4.41. The Hall–Kier alpha value is -1.79. The van der Waals surface area contributed by atoms with Crippen molar-refractivity contribution in [3.05, 3.63) is 23.9 Å². The number of rotatable bonds is 2. The van der Waals surface area contributed by atoms with E-state index in [1.54, 1.807) is 11.8 Å². The van der Waals surface area contributed by atoms with Crippen molar-refractivity contribution in [2.75, 3.05) is 18.0 Å². The number of nitrogens with zero attached hydrogens (tertiary/aromatic N) is 2. The Morgan fingerprint density at radius 2 is 2.15 bits per heavy atom. The molecule has 1 aliphatic rings. The number of carboxylic acids is 1. The quantitative estimate of drug-likeness (QED) is 0.909. The maximum atomic E-state index is 12.5. The normalized spacial score (nSPS) is 23.7. The lowest BCUT2D eigenvalue weighted by Gasteiger charge is -2.38. The van der Waals surface area contributed by atoms with E-state index in [-0.39, 0.29) is 6.54 Å². The van der Waals surface area contributed by atoms with Crippen molar-refractivity contribution in [1.29, 1.82) is 0 Å². The van der Waals surface area contributed by atoms with Gasteiger partial charge in [-0.2, -0.15) is 13.2 Å². The maximum Gasteiger partial charge on any atom is 0.417 e. The highest BCUT2D eigenvalue weighted by atomic mass is 19.4. The lowest BCUT2D eigenvalue weighted by molar-refractivity contribution is -0.148. The fraction of sp³-hybridized carbons (Fsp3) is 0.538. The zero-order valence-electron chi connectivity index (χ0n) is 10.9. The van der Waals surface area contributed by atoms with Crippen LogP contribution in [0.5, 0.6) is 0 Å². The number of anilines is 1. The highest BCUT2D eigenvalue weighted by Gasteiger charge is 2.38. The molecule has 1 atom stereocenters. The van der Waals surface area contributed by atoms with E-state index in [1.165, 1.54) is 6.07 Å². The van der Waals surface area contributed by atoms with E-state index in [4.69, 9.17) is 0 Å². The Morgan fingerprint density at radius 1 is 1.45 bits per heavy atom. The average molecular weight is 288 g/mol. The average Bonchev–Trinajstić information content (AvgIpc) is 2.38. The van der Waals surface area contributed by atoms with E-state index in [9.17, 15) is 23.1 Å². The molecule has 20 heavy (non-hydrogen) atoms. The minimum absolute atomic E-state index is 0.251. The van der Waals surface area contributed by atoms with Crippen LogP contribution in [0.1, 0.15) is 25.3 Å². The predicted molar refractivity (Wildman–Crippen MR) is 66.4 cm³/mol. The van der Waals surface area contributed by atoms with Crippen LogP contribution in [0.15, 0.2) is 18.3 Å². The Labute approximate surface area is 114 Å². The molecule has 0 amide bonds. The number of aromatic nitrogens is 1. The molecule has 4 nitrogen and oxygen atoms in total. The lowest BCUT2D eigenvalue weighted by Crippen LogP contribution is -2.46. The van der Waals surface area contributed by atoms with E-state index in [0.29, 0.717) is 25.2 Å². The molecule has 1 fully saturated rings. The largest absolute Gasteiger partial charge is 0.481 e. The lowest BCUT2D eigenvalue weighted by atomic mass is 9.82. The van der Waals surface area contributed by atoms with Crippen LogP contribution in [0.2, 0.25) is 0 Å². The maximum absolute atomic E-state index is 12.5. The Bertz CT molecular complexity index is 501. The second kappa shape index (κ2) is 4.96. The Kier molecular flexibility index (Phi) is 3.62. The van der Waals surface area contributed by atoms with Crippen molar-refractivity contribution in [3.8, 4) is 0 Å². The summed E-state index contributed by atoms with van der Waals surface area (Å²) in [6, 6.07) is 2.26. The van der Waals surface area contributed by atoms with Crippen LogP contribution in [0.3, 0.4) is 0 Å². The van der Waals surface area contributed by atoms with Gasteiger partial charge in [-0.3, -0.25) is 4.79 Å². The van der Waals surface area contributed by atoms with Crippen LogP contribution in [-0.4, -0.2) is 29.1 Å². The summed E-state index contributed by atoms with van der Waals surface area (Å²) in [7, 11) is 0. The molecule has 7 heteroatoms. The molecule has 1 N–H and O–H groups in total. The molecular formula is C13H15F3N2O2. The van der Waals surface area contributed by atoms with Gasteiger partial charge in [-0.1, -0.05) is 0 Å². The van der Waals surface area contributed by atoms with Crippen molar-refractivity contribution in [2.24, 2.45) is 5.41 Å². The SMILES string of the molecule is CC1(C(=O)O)CCCN(c2ccc(C(F)(F)F)cn2)C1. The first-order valence-electron chi connectivity index (χ1n) is 6.24. The van der Waals surface area contributed by atoms with E-state index < -0.39 is 23.1 Å². The van der Waals surface area contributed by atoms with Crippen LogP contribution < -0.4 is 4.90 Å². The summed E-state index contributed by atoms with van der Waals surface area (Å²) >= 11 is 0. The molecule has 0 bridgehead atoms. The topological polar surface area (TPSA) is 53.4 Å². The van der Waals surface area contributed by atoms with Crippen LogP contribution in [-0.2, 0) is 11.0 Å². The standard InChI is InChI=1S/C13H15F3N2O2/c1-12(11(19)20)5-2-6-18(8-12)10-4-3-9(7-17-10)13(14,15)16/h3-4,7H,2,5-6,8H2,1H3,(H,19,20). The number of hydrogen-bond donors (Lipinski definition) is 1. The number of pyridine rings is 1. The van der Waals surface area contributed by atoms with Gasteiger partial charge in [-0.25, -0.2) is 4.98 Å². The van der Waals surface area contributed by atoms with E-state index in [1.807, 2.05) is 0 Å². The molecule has 1 unspecified atom stereocenters. The fourth-order valence-electron chi connectivity index (χ4n) is 2.35. The van der Waals surface area contributed by atoms with Crippen molar-refractivity contribution in [3.63, 3.8) is 0 Å². The number of hydrogen-bond acceptors (Lipinski definition) is 3. The monoisotopic (exact) mass is 288 g/mol. The number of piperidine rings is 1. The zero-order valence-corrected chi connectivity index (χ0v) is 10.9. The molecule has 0 aromatic carbocycles. The number of carbonyl (C=O) groups is 1. The number of alkyl halides is 3. The van der Waals surface area contributed by atoms with Gasteiger partial charge < -0.3 is 10.0 Å². The molecule has 0 spiro atoms. The van der Waals surface area contributed by atoms with Crippen molar-refractivity contribution < 1.29 is 23.1 Å². The van der Waals surface area contributed by atoms with Crippen LogP contribution in [0.25, 0.3) is 0 Å².